The lowest BCUT2D eigenvalue weighted by molar-refractivity contribution is -0.384. The van der Waals surface area contributed by atoms with E-state index >= 15 is 0 Å². The first kappa shape index (κ1) is 35.1. The van der Waals surface area contributed by atoms with Crippen LogP contribution in [0, 0.1) is 16.0 Å². The number of hydrogen-bond donors (Lipinski definition) is 3. The van der Waals surface area contributed by atoms with E-state index in [2.05, 4.69) is 45.3 Å². The summed E-state index contributed by atoms with van der Waals surface area (Å²) in [7, 11) is 2.61. The summed E-state index contributed by atoms with van der Waals surface area (Å²) in [5, 5.41) is 25.3. The maximum atomic E-state index is 11.9. The second kappa shape index (κ2) is 19.2. The Morgan fingerprint density at radius 1 is 1.23 bits per heavy atom. The fraction of sp³-hybridized carbons (Fsp3) is 0.484. The molecule has 1 aliphatic rings. The van der Waals surface area contributed by atoms with E-state index in [1.54, 1.807) is 6.07 Å². The first-order valence-electron chi connectivity index (χ1n) is 14.2. The molecule has 2 atom stereocenters. The molecule has 1 fully saturated rings. The smallest absolute Gasteiger partial charge is 0.293 e. The van der Waals surface area contributed by atoms with Crippen molar-refractivity contribution in [1.29, 1.82) is 0 Å². The van der Waals surface area contributed by atoms with Gasteiger partial charge in [0.05, 0.1) is 4.92 Å². The van der Waals surface area contributed by atoms with Crippen LogP contribution in [-0.2, 0) is 10.1 Å². The van der Waals surface area contributed by atoms with Crippen LogP contribution >= 0.6 is 9.24 Å². The molecule has 0 amide bonds. The number of nitrogens with two attached hydrogens (primary N) is 1. The van der Waals surface area contributed by atoms with Gasteiger partial charge in [0.25, 0.3) is 5.69 Å². The molecule has 4 N–H and O–H groups in total. The molecule has 1 aliphatic heterocycles. The average Bonchev–Trinajstić information content (AvgIpc) is 2.98. The van der Waals surface area contributed by atoms with Gasteiger partial charge in [0.1, 0.15) is 11.0 Å². The molecular weight excluding hydrogens is 523 g/mol. The summed E-state index contributed by atoms with van der Waals surface area (Å²) in [6.07, 6.45) is 5.66. The number of nitrogens with zero attached hydrogens (tertiary/aromatic N) is 2. The van der Waals surface area contributed by atoms with Crippen LogP contribution in [0.1, 0.15) is 64.0 Å². The maximum absolute atomic E-state index is 11.9. The zero-order chi connectivity index (χ0) is 30.0. The highest BCUT2D eigenvalue weighted by Crippen LogP contribution is 2.43. The SMILES string of the molecule is C=C(NCCCCOCCC)c1ccc(N2CCC(C(O)(P)c3ccccc3)CC2)c([N+](=O)[O-])c1.C=CN.CC. The van der Waals surface area contributed by atoms with Crippen LogP contribution in [0.2, 0.25) is 0 Å². The molecule has 1 heterocycles. The summed E-state index contributed by atoms with van der Waals surface area (Å²) >= 11 is 0. The molecule has 2 aromatic rings. The lowest BCUT2D eigenvalue weighted by Crippen LogP contribution is -2.40. The molecule has 40 heavy (non-hydrogen) atoms. The minimum absolute atomic E-state index is 0.0563. The molecule has 9 heteroatoms. The standard InChI is InChI=1S/C27H38N3O4P.C2H5N.C2H6/c1-3-18-34-19-8-7-15-28-21(2)22-11-12-25(26(20-22)30(32)33)29-16-13-24(14-17-29)27(31,35)23-9-5-4-6-10-23;1-2-3;1-2/h4-6,9-12,20,24,28,31H,2-3,7-8,13-19,35H2,1H3;2H,1,3H2;1-2H3. The third kappa shape index (κ3) is 10.9. The molecule has 0 saturated carbocycles. The van der Waals surface area contributed by atoms with Crippen molar-refractivity contribution in [1.82, 2.24) is 5.32 Å². The van der Waals surface area contributed by atoms with E-state index in [-0.39, 0.29) is 16.5 Å². The van der Waals surface area contributed by atoms with Gasteiger partial charge in [0.15, 0.2) is 0 Å². The second-order valence-corrected chi connectivity index (χ2v) is 10.3. The van der Waals surface area contributed by atoms with Gasteiger partial charge in [0, 0.05) is 50.2 Å². The Kier molecular flexibility index (Phi) is 16.8. The number of anilines is 1. The van der Waals surface area contributed by atoms with Crippen molar-refractivity contribution in [3.8, 4) is 0 Å². The molecule has 2 aromatic carbocycles. The van der Waals surface area contributed by atoms with Gasteiger partial charge < -0.3 is 25.8 Å². The highest BCUT2D eigenvalue weighted by molar-refractivity contribution is 7.18. The van der Waals surface area contributed by atoms with E-state index in [1.807, 2.05) is 56.3 Å². The maximum Gasteiger partial charge on any atom is 0.293 e. The van der Waals surface area contributed by atoms with Crippen LogP contribution in [0.15, 0.2) is 67.9 Å². The van der Waals surface area contributed by atoms with Crippen LogP contribution < -0.4 is 16.0 Å². The van der Waals surface area contributed by atoms with Gasteiger partial charge in [-0.1, -0.05) is 79.6 Å². The fourth-order valence-electron chi connectivity index (χ4n) is 4.54. The van der Waals surface area contributed by atoms with Crippen molar-refractivity contribution in [2.45, 2.75) is 58.2 Å². The molecular formula is C31H49N4O4P. The number of benzene rings is 2. The van der Waals surface area contributed by atoms with Gasteiger partial charge in [-0.2, -0.15) is 0 Å². The van der Waals surface area contributed by atoms with Crippen molar-refractivity contribution >= 4 is 26.3 Å². The van der Waals surface area contributed by atoms with E-state index < -0.39 is 5.34 Å². The molecule has 3 rings (SSSR count). The number of nitrogens with one attached hydrogen (secondary N) is 1. The minimum atomic E-state index is -1.01. The van der Waals surface area contributed by atoms with Gasteiger partial charge in [0.2, 0.25) is 0 Å². The third-order valence-corrected chi connectivity index (χ3v) is 7.42. The van der Waals surface area contributed by atoms with Crippen molar-refractivity contribution in [3.63, 3.8) is 0 Å². The normalized spacial score (nSPS) is 14.5. The topological polar surface area (TPSA) is 114 Å². The molecule has 222 valence electrons. The molecule has 1 saturated heterocycles. The predicted molar refractivity (Wildman–Crippen MR) is 171 cm³/mol. The van der Waals surface area contributed by atoms with E-state index in [0.717, 1.165) is 63.0 Å². The van der Waals surface area contributed by atoms with E-state index in [9.17, 15) is 15.2 Å². The molecule has 0 spiro atoms. The number of rotatable bonds is 13. The van der Waals surface area contributed by atoms with E-state index in [4.69, 9.17) is 4.74 Å². The summed E-state index contributed by atoms with van der Waals surface area (Å²) in [6.45, 7) is 16.9. The Balaban J connectivity index is 0.00000150. The first-order chi connectivity index (χ1) is 19.3. The van der Waals surface area contributed by atoms with Crippen LogP contribution in [0.4, 0.5) is 11.4 Å². The molecule has 0 bridgehead atoms. The zero-order valence-electron chi connectivity index (χ0n) is 24.5. The van der Waals surface area contributed by atoms with Gasteiger partial charge in [-0.05, 0) is 55.9 Å². The number of unbranched alkanes of at least 4 members (excludes halogenated alkanes) is 1. The fourth-order valence-corrected chi connectivity index (χ4v) is 5.07. The molecule has 0 aliphatic carbocycles. The Bertz CT molecular complexity index is 1030. The monoisotopic (exact) mass is 572 g/mol. The van der Waals surface area contributed by atoms with Gasteiger partial charge in [-0.15, -0.1) is 0 Å². The van der Waals surface area contributed by atoms with Gasteiger partial charge >= 0.3 is 0 Å². The number of nitro groups is 1. The van der Waals surface area contributed by atoms with Crippen LogP contribution in [0.5, 0.6) is 0 Å². The lowest BCUT2D eigenvalue weighted by atomic mass is 9.86. The van der Waals surface area contributed by atoms with Crippen LogP contribution in [-0.4, -0.2) is 42.9 Å². The highest BCUT2D eigenvalue weighted by atomic mass is 31.0. The minimum Gasteiger partial charge on any atom is -0.405 e. The Morgan fingerprint density at radius 3 is 2.42 bits per heavy atom. The van der Waals surface area contributed by atoms with Crippen LogP contribution in [0.3, 0.4) is 0 Å². The third-order valence-electron chi connectivity index (χ3n) is 6.62. The number of aliphatic hydroxyl groups is 1. The van der Waals surface area contributed by atoms with Crippen molar-refractivity contribution in [2.75, 3.05) is 37.7 Å². The Labute approximate surface area is 243 Å². The largest absolute Gasteiger partial charge is 0.405 e. The number of ether oxygens (including phenoxy) is 1. The summed E-state index contributed by atoms with van der Waals surface area (Å²) < 4.78 is 5.49. The molecule has 0 radical (unpaired) electrons. The second-order valence-electron chi connectivity index (χ2n) is 9.37. The van der Waals surface area contributed by atoms with E-state index in [1.165, 1.54) is 6.20 Å². The Morgan fingerprint density at radius 2 is 1.85 bits per heavy atom. The van der Waals surface area contributed by atoms with Gasteiger partial charge in [-0.3, -0.25) is 10.1 Å². The average molecular weight is 573 g/mol. The summed E-state index contributed by atoms with van der Waals surface area (Å²) in [6, 6.07) is 15.0. The Hall–Kier alpha value is -2.93. The lowest BCUT2D eigenvalue weighted by Gasteiger charge is -2.40. The van der Waals surface area contributed by atoms with Crippen molar-refractivity contribution < 1.29 is 14.8 Å². The summed E-state index contributed by atoms with van der Waals surface area (Å²) in [5.41, 5.74) is 7.59. The van der Waals surface area contributed by atoms with Crippen LogP contribution in [0.25, 0.3) is 5.70 Å². The van der Waals surface area contributed by atoms with Gasteiger partial charge in [-0.25, -0.2) is 0 Å². The number of nitro benzene ring substituents is 1. The number of piperidine rings is 1. The molecule has 2 unspecified atom stereocenters. The van der Waals surface area contributed by atoms with Crippen molar-refractivity contribution in [3.05, 3.63) is 89.1 Å². The predicted octanol–water partition coefficient (Wildman–Crippen LogP) is 6.41. The summed E-state index contributed by atoms with van der Waals surface area (Å²) in [4.78, 5) is 13.6. The van der Waals surface area contributed by atoms with E-state index in [0.29, 0.717) is 24.5 Å². The highest BCUT2D eigenvalue weighted by Gasteiger charge is 2.37. The first-order valence-corrected chi connectivity index (χ1v) is 14.8. The summed E-state index contributed by atoms with van der Waals surface area (Å²) in [5.74, 6) is 0.0563. The van der Waals surface area contributed by atoms with Crippen molar-refractivity contribution in [2.24, 2.45) is 11.7 Å². The molecule has 8 nitrogen and oxygen atoms in total. The quantitative estimate of drug-likeness (QED) is 0.110. The zero-order valence-corrected chi connectivity index (χ0v) is 25.6. The number of hydrogen-bond acceptors (Lipinski definition) is 7. The molecule has 0 aromatic heterocycles.